The molecule has 0 spiro atoms. The molecule has 0 fully saturated rings. The van der Waals surface area contributed by atoms with Gasteiger partial charge in [0.15, 0.2) is 0 Å². The van der Waals surface area contributed by atoms with Crippen molar-refractivity contribution in [2.75, 3.05) is 13.1 Å². The molecule has 0 N–H and O–H groups in total. The monoisotopic (exact) mass is 340 g/mol. The van der Waals surface area contributed by atoms with E-state index in [9.17, 15) is 4.79 Å². The molecule has 1 aliphatic rings. The maximum absolute atomic E-state index is 12.9. The van der Waals surface area contributed by atoms with Crippen LogP contribution in [0, 0.1) is 0 Å². The van der Waals surface area contributed by atoms with E-state index in [2.05, 4.69) is 23.2 Å². The summed E-state index contributed by atoms with van der Waals surface area (Å²) < 4.78 is 0. The average molecular weight is 340 g/mol. The van der Waals surface area contributed by atoms with E-state index in [0.717, 1.165) is 24.1 Å². The molecule has 3 nitrogen and oxygen atoms in total. The quantitative estimate of drug-likeness (QED) is 0.694. The van der Waals surface area contributed by atoms with Crippen molar-refractivity contribution in [3.05, 3.63) is 96.3 Å². The first-order valence-corrected chi connectivity index (χ1v) is 8.86. The van der Waals surface area contributed by atoms with E-state index in [1.165, 1.54) is 11.1 Å². The van der Waals surface area contributed by atoms with E-state index < -0.39 is 0 Å². The van der Waals surface area contributed by atoms with E-state index >= 15 is 0 Å². The molecule has 128 valence electrons. The van der Waals surface area contributed by atoms with Gasteiger partial charge >= 0.3 is 0 Å². The first-order valence-electron chi connectivity index (χ1n) is 8.86. The summed E-state index contributed by atoms with van der Waals surface area (Å²) in [5, 5.41) is 0. The van der Waals surface area contributed by atoms with Gasteiger partial charge in [-0.15, -0.1) is 0 Å². The lowest BCUT2D eigenvalue weighted by molar-refractivity contribution is 0.0767. The first-order chi connectivity index (χ1) is 12.8. The summed E-state index contributed by atoms with van der Waals surface area (Å²) in [5.74, 6) is -0.00820. The second-order valence-corrected chi connectivity index (χ2v) is 6.39. The van der Waals surface area contributed by atoms with E-state index in [1.807, 2.05) is 65.6 Å². The zero-order valence-electron chi connectivity index (χ0n) is 14.5. The van der Waals surface area contributed by atoms with Crippen molar-refractivity contribution in [3.8, 4) is 11.1 Å². The number of hydrogen-bond donors (Lipinski definition) is 0. The van der Waals surface area contributed by atoms with Crippen molar-refractivity contribution in [2.45, 2.75) is 6.42 Å². The van der Waals surface area contributed by atoms with Gasteiger partial charge in [0.05, 0.1) is 0 Å². The molecule has 1 aliphatic heterocycles. The summed E-state index contributed by atoms with van der Waals surface area (Å²) >= 11 is 0. The minimum Gasteiger partial charge on any atom is -0.333 e. The molecule has 3 heteroatoms. The minimum atomic E-state index is -0.00820. The van der Waals surface area contributed by atoms with Crippen LogP contribution in [0.1, 0.15) is 22.5 Å². The zero-order chi connectivity index (χ0) is 17.8. The second kappa shape index (κ2) is 7.36. The van der Waals surface area contributed by atoms with Crippen LogP contribution in [0.4, 0.5) is 0 Å². The summed E-state index contributed by atoms with van der Waals surface area (Å²) in [7, 11) is 0. The second-order valence-electron chi connectivity index (χ2n) is 6.39. The molecule has 2 aromatic carbocycles. The summed E-state index contributed by atoms with van der Waals surface area (Å²) in [6.45, 7) is 1.34. The lowest BCUT2D eigenvalue weighted by atomic mass is 9.99. The van der Waals surface area contributed by atoms with Gasteiger partial charge in [-0.1, -0.05) is 66.7 Å². The van der Waals surface area contributed by atoms with E-state index in [-0.39, 0.29) is 5.91 Å². The number of hydrogen-bond acceptors (Lipinski definition) is 2. The van der Waals surface area contributed by atoms with Gasteiger partial charge in [-0.3, -0.25) is 9.78 Å². The number of rotatable bonds is 3. The van der Waals surface area contributed by atoms with E-state index in [0.29, 0.717) is 12.2 Å². The highest BCUT2D eigenvalue weighted by Crippen LogP contribution is 2.24. The van der Waals surface area contributed by atoms with Crippen LogP contribution in [0.25, 0.3) is 16.7 Å². The molecule has 0 unspecified atom stereocenters. The molecule has 1 aromatic heterocycles. The first kappa shape index (κ1) is 16.3. The van der Waals surface area contributed by atoms with Gasteiger partial charge in [0.1, 0.15) is 5.69 Å². The Morgan fingerprint density at radius 1 is 0.846 bits per heavy atom. The Morgan fingerprint density at radius 3 is 2.19 bits per heavy atom. The highest BCUT2D eigenvalue weighted by molar-refractivity contribution is 5.94. The van der Waals surface area contributed by atoms with Gasteiger partial charge in [-0.25, -0.2) is 0 Å². The third-order valence-electron chi connectivity index (χ3n) is 4.73. The number of carbonyl (C=O) groups excluding carboxylic acids is 1. The third-order valence-corrected chi connectivity index (χ3v) is 4.73. The van der Waals surface area contributed by atoms with Crippen LogP contribution < -0.4 is 0 Å². The summed E-state index contributed by atoms with van der Waals surface area (Å²) in [6, 6.07) is 24.2. The lowest BCUT2D eigenvalue weighted by Gasteiger charge is -2.26. The van der Waals surface area contributed by atoms with Gasteiger partial charge in [-0.05, 0) is 40.8 Å². The lowest BCUT2D eigenvalue weighted by Crippen LogP contribution is -2.35. The molecule has 0 radical (unpaired) electrons. The fourth-order valence-corrected chi connectivity index (χ4v) is 3.29. The fourth-order valence-electron chi connectivity index (χ4n) is 3.29. The molecule has 4 rings (SSSR count). The Morgan fingerprint density at radius 2 is 1.54 bits per heavy atom. The zero-order valence-corrected chi connectivity index (χ0v) is 14.5. The standard InChI is InChI=1S/C23H20N2O/c26-23(22-17-21(11-14-24-22)19-9-5-2-6-10-19)25-15-12-20(13-16-25)18-7-3-1-4-8-18/h1-12,14,17H,13,15-16H2. The summed E-state index contributed by atoms with van der Waals surface area (Å²) in [4.78, 5) is 19.0. The SMILES string of the molecule is O=C(c1cc(-c2ccccc2)ccn1)N1CC=C(c2ccccc2)CC1. The van der Waals surface area contributed by atoms with Crippen LogP contribution in [0.2, 0.25) is 0 Å². The maximum atomic E-state index is 12.9. The number of aromatic nitrogens is 1. The Hall–Kier alpha value is -3.20. The van der Waals surface area contributed by atoms with Gasteiger partial charge in [-0.2, -0.15) is 0 Å². The molecular formula is C23H20N2O. The summed E-state index contributed by atoms with van der Waals surface area (Å²) in [6.07, 6.45) is 4.73. The molecule has 0 bridgehead atoms. The predicted octanol–water partition coefficient (Wildman–Crippen LogP) is 4.68. The van der Waals surface area contributed by atoms with Crippen LogP contribution in [0.5, 0.6) is 0 Å². The molecular weight excluding hydrogens is 320 g/mol. The molecule has 3 aromatic rings. The Bertz CT molecular complexity index is 933. The number of benzene rings is 2. The Balaban J connectivity index is 1.52. The van der Waals surface area contributed by atoms with Gasteiger partial charge in [0.2, 0.25) is 0 Å². The van der Waals surface area contributed by atoms with Crippen molar-refractivity contribution >= 4 is 11.5 Å². The van der Waals surface area contributed by atoms with Crippen molar-refractivity contribution in [2.24, 2.45) is 0 Å². The average Bonchev–Trinajstić information content (AvgIpc) is 2.75. The topological polar surface area (TPSA) is 33.2 Å². The molecule has 0 saturated heterocycles. The molecule has 0 atom stereocenters. The van der Waals surface area contributed by atoms with Crippen molar-refractivity contribution < 1.29 is 4.79 Å². The van der Waals surface area contributed by atoms with E-state index in [4.69, 9.17) is 0 Å². The van der Waals surface area contributed by atoms with Crippen LogP contribution in [-0.2, 0) is 0 Å². The summed E-state index contributed by atoms with van der Waals surface area (Å²) in [5.41, 5.74) is 5.16. The largest absolute Gasteiger partial charge is 0.333 e. The van der Waals surface area contributed by atoms with Crippen molar-refractivity contribution in [1.82, 2.24) is 9.88 Å². The van der Waals surface area contributed by atoms with Crippen LogP contribution in [0.3, 0.4) is 0 Å². The highest BCUT2D eigenvalue weighted by Gasteiger charge is 2.20. The Kier molecular flexibility index (Phi) is 4.61. The van der Waals surface area contributed by atoms with Gasteiger partial charge in [0.25, 0.3) is 5.91 Å². The molecule has 2 heterocycles. The molecule has 0 aliphatic carbocycles. The minimum absolute atomic E-state index is 0.00820. The normalized spacial score (nSPS) is 14.0. The molecule has 1 amide bonds. The van der Waals surface area contributed by atoms with Crippen molar-refractivity contribution in [3.63, 3.8) is 0 Å². The number of carbonyl (C=O) groups is 1. The predicted molar refractivity (Wildman–Crippen MR) is 105 cm³/mol. The van der Waals surface area contributed by atoms with Crippen LogP contribution in [-0.4, -0.2) is 28.9 Å². The van der Waals surface area contributed by atoms with Crippen molar-refractivity contribution in [1.29, 1.82) is 0 Å². The molecule has 0 saturated carbocycles. The number of pyridine rings is 1. The number of nitrogens with zero attached hydrogens (tertiary/aromatic N) is 2. The number of amides is 1. The van der Waals surface area contributed by atoms with Gasteiger partial charge in [0, 0.05) is 19.3 Å². The Labute approximate surface area is 153 Å². The third kappa shape index (κ3) is 3.42. The van der Waals surface area contributed by atoms with Crippen LogP contribution >= 0.6 is 0 Å². The fraction of sp³-hybridized carbons (Fsp3) is 0.130. The smallest absolute Gasteiger partial charge is 0.272 e. The van der Waals surface area contributed by atoms with Crippen LogP contribution in [0.15, 0.2) is 85.1 Å². The van der Waals surface area contributed by atoms with Gasteiger partial charge < -0.3 is 4.90 Å². The molecule has 26 heavy (non-hydrogen) atoms. The highest BCUT2D eigenvalue weighted by atomic mass is 16.2. The maximum Gasteiger partial charge on any atom is 0.272 e. The van der Waals surface area contributed by atoms with E-state index in [1.54, 1.807) is 6.20 Å².